The molecule has 1 unspecified atom stereocenters. The summed E-state index contributed by atoms with van der Waals surface area (Å²) in [7, 11) is -3.67. The summed E-state index contributed by atoms with van der Waals surface area (Å²) in [5.41, 5.74) is 0. The smallest absolute Gasteiger partial charge is 0.261 e. The summed E-state index contributed by atoms with van der Waals surface area (Å²) in [6.07, 6.45) is 20.9. The highest BCUT2D eigenvalue weighted by Crippen LogP contribution is 2.22. The molecule has 152 valence electrons. The van der Waals surface area contributed by atoms with Crippen LogP contribution >= 0.6 is 0 Å². The maximum atomic E-state index is 9.19. The van der Waals surface area contributed by atoms with Crippen molar-refractivity contribution in [3.05, 3.63) is 0 Å². The summed E-state index contributed by atoms with van der Waals surface area (Å²) in [5, 5.41) is 0. The number of unbranched alkanes of at least 4 members (excludes halogenated alkanes) is 9. The Bertz CT molecular complexity index is 376. The van der Waals surface area contributed by atoms with Crippen LogP contribution in [-0.4, -0.2) is 43.3 Å². The molecule has 0 aliphatic carbocycles. The van der Waals surface area contributed by atoms with Crippen molar-refractivity contribution in [3.63, 3.8) is 0 Å². The highest BCUT2D eigenvalue weighted by molar-refractivity contribution is 7.85. The second-order valence-corrected chi connectivity index (χ2v) is 9.00. The highest BCUT2D eigenvalue weighted by Gasteiger charge is 2.22. The predicted molar refractivity (Wildman–Crippen MR) is 109 cm³/mol. The summed E-state index contributed by atoms with van der Waals surface area (Å²) in [6.45, 7) is 7.38. The molecule has 0 spiro atoms. The molecule has 0 aromatic rings. The monoisotopic (exact) mass is 377 g/mol. The van der Waals surface area contributed by atoms with Crippen LogP contribution in [0.1, 0.15) is 104 Å². The van der Waals surface area contributed by atoms with Crippen molar-refractivity contribution < 1.29 is 13.0 Å². The summed E-state index contributed by atoms with van der Waals surface area (Å²) in [4.78, 5) is 2.79. The van der Waals surface area contributed by atoms with Gasteiger partial charge in [0, 0.05) is 6.04 Å². The van der Waals surface area contributed by atoms with Crippen molar-refractivity contribution in [3.8, 4) is 0 Å². The summed E-state index contributed by atoms with van der Waals surface area (Å²) >= 11 is 0. The van der Waals surface area contributed by atoms with E-state index in [4.69, 9.17) is 4.55 Å². The lowest BCUT2D eigenvalue weighted by Crippen LogP contribution is -2.30. The van der Waals surface area contributed by atoms with Gasteiger partial charge in [-0.2, -0.15) is 8.42 Å². The zero-order valence-corrected chi connectivity index (χ0v) is 17.8. The number of hydrogen-bond acceptors (Lipinski definition) is 3. The Morgan fingerprint density at radius 1 is 0.880 bits per heavy atom. The molecule has 0 aromatic carbocycles. The summed E-state index contributed by atoms with van der Waals surface area (Å²) in [5.74, 6) is 0. The Kier molecular flexibility index (Phi) is 16.0. The molecule has 5 heteroatoms. The van der Waals surface area contributed by atoms with Gasteiger partial charge >= 0.3 is 0 Å². The van der Waals surface area contributed by atoms with Gasteiger partial charge in [-0.15, -0.1) is 0 Å². The Balaban J connectivity index is 0.00000101. The zero-order valence-electron chi connectivity index (χ0n) is 17.0. The first-order chi connectivity index (χ1) is 11.9. The third-order valence-electron chi connectivity index (χ3n) is 4.94. The average Bonchev–Trinajstić information content (AvgIpc) is 2.97. The highest BCUT2D eigenvalue weighted by atomic mass is 32.2. The fourth-order valence-electron chi connectivity index (χ4n) is 3.58. The van der Waals surface area contributed by atoms with Crippen LogP contribution in [0.5, 0.6) is 0 Å². The van der Waals surface area contributed by atoms with Gasteiger partial charge in [-0.3, -0.25) is 4.55 Å². The molecule has 0 aromatic heterocycles. The Hall–Kier alpha value is -0.130. The lowest BCUT2D eigenvalue weighted by Gasteiger charge is -2.24. The molecular weight excluding hydrogens is 334 g/mol. The fourth-order valence-corrected chi connectivity index (χ4v) is 3.58. The predicted octanol–water partition coefficient (Wildman–Crippen LogP) is 5.68. The minimum absolute atomic E-state index is 0.715. The summed E-state index contributed by atoms with van der Waals surface area (Å²) in [6, 6.07) is 0.934. The maximum absolute atomic E-state index is 9.19. The van der Waals surface area contributed by atoms with Crippen LogP contribution in [0, 0.1) is 0 Å². The lowest BCUT2D eigenvalue weighted by molar-refractivity contribution is 0.234. The first-order valence-corrected chi connectivity index (χ1v) is 12.4. The molecule has 1 atom stereocenters. The molecule has 25 heavy (non-hydrogen) atoms. The normalized spacial score (nSPS) is 18.2. The van der Waals surface area contributed by atoms with E-state index in [0.717, 1.165) is 6.04 Å². The van der Waals surface area contributed by atoms with Gasteiger partial charge in [0.1, 0.15) is 0 Å². The average molecular weight is 378 g/mol. The number of rotatable bonds is 13. The van der Waals surface area contributed by atoms with Gasteiger partial charge in [0.15, 0.2) is 0 Å². The minimum atomic E-state index is -3.67. The molecule has 4 nitrogen and oxygen atoms in total. The maximum Gasteiger partial charge on any atom is 0.261 e. The van der Waals surface area contributed by atoms with Crippen LogP contribution in [0.3, 0.4) is 0 Å². The molecule has 1 heterocycles. The van der Waals surface area contributed by atoms with E-state index in [1.807, 2.05) is 0 Å². The quantitative estimate of drug-likeness (QED) is 0.331. The third kappa shape index (κ3) is 18.5. The molecule has 1 aliphatic heterocycles. The molecule has 1 N–H and O–H groups in total. The largest absolute Gasteiger partial charge is 0.300 e. The molecule has 1 fully saturated rings. The molecule has 1 rings (SSSR count). The van der Waals surface area contributed by atoms with Crippen molar-refractivity contribution in [2.75, 3.05) is 19.3 Å². The van der Waals surface area contributed by atoms with Gasteiger partial charge in [0.05, 0.1) is 6.26 Å². The number of nitrogens with zero attached hydrogens (tertiary/aromatic N) is 1. The fraction of sp³-hybridized carbons (Fsp3) is 1.00. The second-order valence-electron chi connectivity index (χ2n) is 7.54. The standard InChI is InChI=1S/C19H39N.CH4O3S/c1-3-5-7-8-9-10-11-12-13-17-20-18-14-16-19(20)15-6-4-2;1-5(2,3)4/h19H,3-18H2,1-2H3;1H3,(H,2,3,4). The van der Waals surface area contributed by atoms with Gasteiger partial charge in [-0.1, -0.05) is 78.1 Å². The van der Waals surface area contributed by atoms with E-state index in [9.17, 15) is 8.42 Å². The SMILES string of the molecule is CCCCCCCCCCCN1CCCC1CCCC.CS(=O)(=O)O. The van der Waals surface area contributed by atoms with Crippen LogP contribution in [0.2, 0.25) is 0 Å². The third-order valence-corrected chi connectivity index (χ3v) is 4.94. The lowest BCUT2D eigenvalue weighted by atomic mass is 10.1. The Labute approximate surface area is 157 Å². The number of likely N-dealkylation sites (tertiary alicyclic amines) is 1. The van der Waals surface area contributed by atoms with E-state index in [-0.39, 0.29) is 0 Å². The van der Waals surface area contributed by atoms with E-state index in [1.165, 1.54) is 103 Å². The minimum Gasteiger partial charge on any atom is -0.300 e. The second kappa shape index (κ2) is 16.1. The zero-order chi connectivity index (χ0) is 19.0. The van der Waals surface area contributed by atoms with E-state index in [0.29, 0.717) is 6.26 Å². The Morgan fingerprint density at radius 2 is 1.36 bits per heavy atom. The molecule has 1 aliphatic rings. The van der Waals surface area contributed by atoms with Crippen LogP contribution in [-0.2, 0) is 10.1 Å². The number of hydrogen-bond donors (Lipinski definition) is 1. The first-order valence-electron chi connectivity index (χ1n) is 10.5. The molecule has 0 amide bonds. The van der Waals surface area contributed by atoms with E-state index in [1.54, 1.807) is 0 Å². The van der Waals surface area contributed by atoms with Crippen LogP contribution in [0.25, 0.3) is 0 Å². The molecule has 0 bridgehead atoms. The van der Waals surface area contributed by atoms with Gasteiger partial charge in [0.25, 0.3) is 10.1 Å². The molecule has 0 saturated carbocycles. The van der Waals surface area contributed by atoms with Crippen molar-refractivity contribution in [2.45, 2.75) is 110 Å². The molecule has 1 saturated heterocycles. The van der Waals surface area contributed by atoms with Crippen LogP contribution in [0.4, 0.5) is 0 Å². The van der Waals surface area contributed by atoms with Gasteiger partial charge in [-0.05, 0) is 38.8 Å². The van der Waals surface area contributed by atoms with Crippen molar-refractivity contribution in [2.24, 2.45) is 0 Å². The van der Waals surface area contributed by atoms with E-state index >= 15 is 0 Å². The van der Waals surface area contributed by atoms with Gasteiger partial charge in [-0.25, -0.2) is 0 Å². The van der Waals surface area contributed by atoms with Crippen molar-refractivity contribution in [1.29, 1.82) is 0 Å². The molecule has 0 radical (unpaired) electrons. The van der Waals surface area contributed by atoms with E-state index in [2.05, 4.69) is 18.7 Å². The van der Waals surface area contributed by atoms with Crippen molar-refractivity contribution >= 4 is 10.1 Å². The van der Waals surface area contributed by atoms with Gasteiger partial charge in [0.2, 0.25) is 0 Å². The van der Waals surface area contributed by atoms with E-state index < -0.39 is 10.1 Å². The Morgan fingerprint density at radius 3 is 1.88 bits per heavy atom. The summed E-state index contributed by atoms with van der Waals surface area (Å²) < 4.78 is 25.9. The van der Waals surface area contributed by atoms with Crippen LogP contribution in [0.15, 0.2) is 0 Å². The topological polar surface area (TPSA) is 57.6 Å². The van der Waals surface area contributed by atoms with Crippen LogP contribution < -0.4 is 0 Å². The van der Waals surface area contributed by atoms with Crippen molar-refractivity contribution in [1.82, 2.24) is 4.90 Å². The first kappa shape index (κ1) is 24.9. The van der Waals surface area contributed by atoms with Gasteiger partial charge < -0.3 is 4.90 Å². The molecular formula is C20H43NO3S.